The maximum absolute atomic E-state index is 12.0. The summed E-state index contributed by atoms with van der Waals surface area (Å²) in [6.07, 6.45) is 0. The van der Waals surface area contributed by atoms with E-state index in [0.717, 1.165) is 44.0 Å². The third-order valence-electron chi connectivity index (χ3n) is 4.20. The second-order valence-corrected chi connectivity index (χ2v) is 5.74. The minimum absolute atomic E-state index is 0.0986. The average Bonchev–Trinajstić information content (AvgIpc) is 2.55. The Morgan fingerprint density at radius 2 is 1.82 bits per heavy atom. The van der Waals surface area contributed by atoms with Crippen molar-refractivity contribution >= 4 is 5.95 Å². The van der Waals surface area contributed by atoms with Crippen LogP contribution in [0.3, 0.4) is 0 Å². The Morgan fingerprint density at radius 3 is 2.45 bits per heavy atom. The van der Waals surface area contributed by atoms with Crippen LogP contribution in [-0.2, 0) is 0 Å². The molecule has 1 aromatic heterocycles. The Labute approximate surface area is 130 Å². The number of aryl methyl sites for hydroxylation is 1. The second kappa shape index (κ2) is 6.32. The molecule has 1 aromatic carbocycles. The van der Waals surface area contributed by atoms with Crippen LogP contribution in [0.4, 0.5) is 5.95 Å². The van der Waals surface area contributed by atoms with Crippen LogP contribution >= 0.6 is 0 Å². The monoisotopic (exact) mass is 298 g/mol. The lowest BCUT2D eigenvalue weighted by Gasteiger charge is -2.34. The number of likely N-dealkylation sites (N-methyl/N-ethyl adjacent to an activating group) is 1. The molecule has 3 rings (SSSR count). The zero-order chi connectivity index (χ0) is 15.5. The number of H-pyrrole nitrogens is 1. The molecule has 0 saturated carbocycles. The molecule has 2 heterocycles. The van der Waals surface area contributed by atoms with E-state index < -0.39 is 0 Å². The van der Waals surface area contributed by atoms with Crippen molar-refractivity contribution in [2.45, 2.75) is 13.8 Å². The van der Waals surface area contributed by atoms with Crippen molar-refractivity contribution in [1.82, 2.24) is 14.9 Å². The molecule has 0 unspecified atom stereocenters. The summed E-state index contributed by atoms with van der Waals surface area (Å²) in [6.45, 7) is 9.11. The molecule has 1 aliphatic heterocycles. The molecule has 2 aromatic rings. The number of hydrogen-bond acceptors (Lipinski definition) is 4. The van der Waals surface area contributed by atoms with E-state index >= 15 is 0 Å². The van der Waals surface area contributed by atoms with Crippen LogP contribution in [0.2, 0.25) is 0 Å². The molecule has 116 valence electrons. The summed E-state index contributed by atoms with van der Waals surface area (Å²) in [4.78, 5) is 24.1. The lowest BCUT2D eigenvalue weighted by molar-refractivity contribution is 0.270. The predicted molar refractivity (Wildman–Crippen MR) is 89.4 cm³/mol. The van der Waals surface area contributed by atoms with E-state index in [9.17, 15) is 4.79 Å². The Kier molecular flexibility index (Phi) is 4.24. The lowest BCUT2D eigenvalue weighted by atomic mass is 10.1. The number of piperazine rings is 1. The summed E-state index contributed by atoms with van der Waals surface area (Å²) in [7, 11) is 0. The minimum Gasteiger partial charge on any atom is -0.340 e. The van der Waals surface area contributed by atoms with E-state index in [2.05, 4.69) is 26.7 Å². The molecule has 1 saturated heterocycles. The highest BCUT2D eigenvalue weighted by Gasteiger charge is 2.18. The summed E-state index contributed by atoms with van der Waals surface area (Å²) in [6, 6.07) is 9.66. The van der Waals surface area contributed by atoms with Gasteiger partial charge in [-0.3, -0.25) is 9.78 Å². The van der Waals surface area contributed by atoms with Crippen LogP contribution in [0.1, 0.15) is 12.5 Å². The molecule has 0 amide bonds. The van der Waals surface area contributed by atoms with Gasteiger partial charge in [0, 0.05) is 37.8 Å². The van der Waals surface area contributed by atoms with Gasteiger partial charge in [0.25, 0.3) is 5.56 Å². The van der Waals surface area contributed by atoms with Gasteiger partial charge in [-0.25, -0.2) is 4.98 Å². The molecular formula is C17H22N4O. The fraction of sp³-hybridized carbons (Fsp3) is 0.412. The summed E-state index contributed by atoms with van der Waals surface area (Å²) in [5.41, 5.74) is 2.81. The Hall–Kier alpha value is -2.14. The fourth-order valence-electron chi connectivity index (χ4n) is 2.74. The largest absolute Gasteiger partial charge is 0.340 e. The normalized spacial score (nSPS) is 16.0. The van der Waals surface area contributed by atoms with Crippen LogP contribution in [-0.4, -0.2) is 47.6 Å². The van der Waals surface area contributed by atoms with Gasteiger partial charge in [-0.05, 0) is 13.5 Å². The number of anilines is 1. The first-order valence-electron chi connectivity index (χ1n) is 7.81. The van der Waals surface area contributed by atoms with Gasteiger partial charge in [0.15, 0.2) is 0 Å². The van der Waals surface area contributed by atoms with Crippen LogP contribution < -0.4 is 10.5 Å². The molecular weight excluding hydrogens is 276 g/mol. The van der Waals surface area contributed by atoms with Crippen molar-refractivity contribution in [3.8, 4) is 11.3 Å². The fourth-order valence-corrected chi connectivity index (χ4v) is 2.74. The van der Waals surface area contributed by atoms with Gasteiger partial charge in [-0.2, -0.15) is 0 Å². The Balaban J connectivity index is 1.87. The maximum atomic E-state index is 12.0. The highest BCUT2D eigenvalue weighted by atomic mass is 16.1. The first-order chi connectivity index (χ1) is 10.7. The summed E-state index contributed by atoms with van der Waals surface area (Å²) in [5, 5.41) is 0. The van der Waals surface area contributed by atoms with Crippen molar-refractivity contribution < 1.29 is 0 Å². The van der Waals surface area contributed by atoms with Gasteiger partial charge in [-0.15, -0.1) is 0 Å². The van der Waals surface area contributed by atoms with Crippen LogP contribution in [0.15, 0.2) is 35.1 Å². The molecule has 1 fully saturated rings. The molecule has 22 heavy (non-hydrogen) atoms. The van der Waals surface area contributed by atoms with E-state index in [1.165, 1.54) is 5.56 Å². The standard InChI is InChI=1S/C17H22N4O/c1-3-20-8-10-21(11-9-20)17-18-15(12-16(22)19-17)14-6-4-13(2)5-7-14/h4-7,12H,3,8-11H2,1-2H3,(H,18,19,22). The molecule has 1 aliphatic rings. The first kappa shape index (κ1) is 14.8. The molecule has 5 nitrogen and oxygen atoms in total. The molecule has 0 aliphatic carbocycles. The Bertz CT molecular complexity index is 685. The van der Waals surface area contributed by atoms with Gasteiger partial charge in [0.1, 0.15) is 0 Å². The number of benzene rings is 1. The lowest BCUT2D eigenvalue weighted by Crippen LogP contribution is -2.47. The van der Waals surface area contributed by atoms with Crippen molar-refractivity contribution in [3.63, 3.8) is 0 Å². The predicted octanol–water partition coefficient (Wildman–Crippen LogP) is 1.89. The van der Waals surface area contributed by atoms with E-state index in [-0.39, 0.29) is 5.56 Å². The van der Waals surface area contributed by atoms with Crippen LogP contribution in [0.5, 0.6) is 0 Å². The van der Waals surface area contributed by atoms with Crippen molar-refractivity contribution in [3.05, 3.63) is 46.2 Å². The third kappa shape index (κ3) is 3.20. The van der Waals surface area contributed by atoms with Gasteiger partial charge in [0.2, 0.25) is 5.95 Å². The number of rotatable bonds is 3. The molecule has 0 radical (unpaired) electrons. The number of aromatic amines is 1. The van der Waals surface area contributed by atoms with E-state index in [0.29, 0.717) is 5.95 Å². The minimum atomic E-state index is -0.0986. The first-order valence-corrected chi connectivity index (χ1v) is 7.81. The summed E-state index contributed by atoms with van der Waals surface area (Å²) >= 11 is 0. The molecule has 0 atom stereocenters. The summed E-state index contributed by atoms with van der Waals surface area (Å²) in [5.74, 6) is 0.679. The zero-order valence-corrected chi connectivity index (χ0v) is 13.2. The summed E-state index contributed by atoms with van der Waals surface area (Å²) < 4.78 is 0. The SMILES string of the molecule is CCN1CCN(c2nc(-c3ccc(C)cc3)cc(=O)[nH]2)CC1. The number of nitrogens with zero attached hydrogens (tertiary/aromatic N) is 3. The molecule has 0 spiro atoms. The van der Waals surface area contributed by atoms with E-state index in [1.807, 2.05) is 31.2 Å². The van der Waals surface area contributed by atoms with E-state index in [4.69, 9.17) is 0 Å². The zero-order valence-electron chi connectivity index (χ0n) is 13.2. The smallest absolute Gasteiger partial charge is 0.252 e. The Morgan fingerprint density at radius 1 is 1.14 bits per heavy atom. The number of aromatic nitrogens is 2. The van der Waals surface area contributed by atoms with Gasteiger partial charge in [-0.1, -0.05) is 36.8 Å². The van der Waals surface area contributed by atoms with Gasteiger partial charge >= 0.3 is 0 Å². The molecule has 0 bridgehead atoms. The van der Waals surface area contributed by atoms with E-state index in [1.54, 1.807) is 6.07 Å². The van der Waals surface area contributed by atoms with Gasteiger partial charge in [0.05, 0.1) is 5.69 Å². The maximum Gasteiger partial charge on any atom is 0.252 e. The van der Waals surface area contributed by atoms with Crippen molar-refractivity contribution in [2.75, 3.05) is 37.6 Å². The molecule has 1 N–H and O–H groups in total. The number of nitrogens with one attached hydrogen (secondary N) is 1. The third-order valence-corrected chi connectivity index (χ3v) is 4.20. The van der Waals surface area contributed by atoms with Gasteiger partial charge < -0.3 is 9.80 Å². The highest BCUT2D eigenvalue weighted by molar-refractivity contribution is 5.60. The second-order valence-electron chi connectivity index (χ2n) is 5.74. The topological polar surface area (TPSA) is 52.2 Å². The van der Waals surface area contributed by atoms with Crippen molar-refractivity contribution in [1.29, 1.82) is 0 Å². The van der Waals surface area contributed by atoms with Crippen molar-refractivity contribution in [2.24, 2.45) is 0 Å². The van der Waals surface area contributed by atoms with Crippen LogP contribution in [0, 0.1) is 6.92 Å². The molecule has 5 heteroatoms. The quantitative estimate of drug-likeness (QED) is 0.940. The van der Waals surface area contributed by atoms with Crippen LogP contribution in [0.25, 0.3) is 11.3 Å². The number of hydrogen-bond donors (Lipinski definition) is 1. The average molecular weight is 298 g/mol. The highest BCUT2D eigenvalue weighted by Crippen LogP contribution is 2.18.